The van der Waals surface area contributed by atoms with Gasteiger partial charge in [0, 0.05) is 35.6 Å². The van der Waals surface area contributed by atoms with E-state index in [0.717, 1.165) is 24.8 Å². The molecule has 128 valence electrons. The van der Waals surface area contributed by atoms with Crippen molar-refractivity contribution in [3.63, 3.8) is 0 Å². The summed E-state index contributed by atoms with van der Waals surface area (Å²) in [6.07, 6.45) is 5.70. The number of fused-ring (bicyclic) bond motifs is 1. The van der Waals surface area contributed by atoms with Crippen molar-refractivity contribution in [2.75, 3.05) is 0 Å². The lowest BCUT2D eigenvalue weighted by Gasteiger charge is -2.39. The van der Waals surface area contributed by atoms with Crippen molar-refractivity contribution < 1.29 is 4.79 Å². The van der Waals surface area contributed by atoms with Crippen LogP contribution in [-0.4, -0.2) is 15.8 Å². The number of nitrogens with zero attached hydrogens (tertiary/aromatic N) is 1. The Labute approximate surface area is 148 Å². The van der Waals surface area contributed by atoms with Gasteiger partial charge in [0.25, 0.3) is 0 Å². The molecular weight excluding hydrogens is 308 g/mol. The highest BCUT2D eigenvalue weighted by molar-refractivity contribution is 5.87. The number of carbonyl (C=O) groups excluding carboxylic acids is 1. The Bertz CT molecular complexity index is 883. The summed E-state index contributed by atoms with van der Waals surface area (Å²) in [5.41, 5.74) is 3.40. The fraction of sp³-hybridized carbons (Fsp3) is 0.318. The first-order valence-electron chi connectivity index (χ1n) is 9.15. The summed E-state index contributed by atoms with van der Waals surface area (Å²) >= 11 is 0. The Morgan fingerprint density at radius 1 is 1.08 bits per heavy atom. The molecular formula is C22H24N2O. The summed E-state index contributed by atoms with van der Waals surface area (Å²) in [6.45, 7) is 2.89. The molecule has 3 heteroatoms. The van der Waals surface area contributed by atoms with E-state index in [1.807, 2.05) is 18.2 Å². The fourth-order valence-electron chi connectivity index (χ4n) is 4.37. The van der Waals surface area contributed by atoms with Gasteiger partial charge in [-0.05, 0) is 24.5 Å². The lowest BCUT2D eigenvalue weighted by atomic mass is 9.82. The molecule has 0 saturated carbocycles. The molecule has 2 aromatic carbocycles. The molecule has 1 saturated heterocycles. The summed E-state index contributed by atoms with van der Waals surface area (Å²) in [6, 6.07) is 18.7. The van der Waals surface area contributed by atoms with E-state index in [-0.39, 0.29) is 11.4 Å². The van der Waals surface area contributed by atoms with E-state index in [1.165, 1.54) is 16.5 Å². The number of nitrogens with one attached hydrogen (secondary N) is 1. The third-order valence-electron chi connectivity index (χ3n) is 5.51. The average Bonchev–Trinajstić information content (AvgIpc) is 3.20. The molecule has 1 fully saturated rings. The smallest absolute Gasteiger partial charge is 0.223 e. The van der Waals surface area contributed by atoms with E-state index in [4.69, 9.17) is 0 Å². The lowest BCUT2D eigenvalue weighted by Crippen LogP contribution is -2.42. The van der Waals surface area contributed by atoms with E-state index in [2.05, 4.69) is 59.4 Å². The second kappa shape index (κ2) is 6.40. The Balaban J connectivity index is 1.82. The number of carbonyl (C=O) groups is 1. The van der Waals surface area contributed by atoms with Crippen LogP contribution in [0.25, 0.3) is 10.9 Å². The van der Waals surface area contributed by atoms with Crippen molar-refractivity contribution in [2.24, 2.45) is 0 Å². The van der Waals surface area contributed by atoms with Crippen molar-refractivity contribution in [1.29, 1.82) is 0 Å². The van der Waals surface area contributed by atoms with E-state index in [1.54, 1.807) is 0 Å². The summed E-state index contributed by atoms with van der Waals surface area (Å²) in [5, 5.41) is 1.24. The zero-order valence-corrected chi connectivity index (χ0v) is 14.7. The molecule has 1 aliphatic rings. The largest absolute Gasteiger partial charge is 0.361 e. The van der Waals surface area contributed by atoms with Gasteiger partial charge in [0.2, 0.25) is 5.91 Å². The molecule has 1 amide bonds. The highest BCUT2D eigenvalue weighted by atomic mass is 16.2. The maximum absolute atomic E-state index is 12.8. The second-order valence-electron chi connectivity index (χ2n) is 7.00. The normalized spacial score (nSPS) is 20.5. The van der Waals surface area contributed by atoms with Crippen LogP contribution in [0.4, 0.5) is 0 Å². The summed E-state index contributed by atoms with van der Waals surface area (Å²) in [7, 11) is 0. The molecule has 0 aliphatic carbocycles. The maximum atomic E-state index is 12.8. The standard InChI is InChI=1S/C22H24N2O/c1-2-13-22(19-15-23-20-11-7-6-10-18(19)20)14-12-21(25)24(22)16-17-8-4-3-5-9-17/h3-11,15,23H,2,12-14,16H2,1H3. The number of hydrogen-bond donors (Lipinski definition) is 1. The van der Waals surface area contributed by atoms with Gasteiger partial charge in [-0.2, -0.15) is 0 Å². The zero-order valence-electron chi connectivity index (χ0n) is 14.7. The van der Waals surface area contributed by atoms with Gasteiger partial charge >= 0.3 is 0 Å². The Morgan fingerprint density at radius 2 is 1.84 bits per heavy atom. The number of hydrogen-bond acceptors (Lipinski definition) is 1. The number of amides is 1. The minimum absolute atomic E-state index is 0.207. The van der Waals surface area contributed by atoms with Crippen LogP contribution in [-0.2, 0) is 16.9 Å². The molecule has 3 nitrogen and oxygen atoms in total. The van der Waals surface area contributed by atoms with Crippen LogP contribution < -0.4 is 0 Å². The van der Waals surface area contributed by atoms with Crippen molar-refractivity contribution in [3.8, 4) is 0 Å². The van der Waals surface area contributed by atoms with E-state index >= 15 is 0 Å². The van der Waals surface area contributed by atoms with Gasteiger partial charge in [0.05, 0.1) is 5.54 Å². The fourth-order valence-corrected chi connectivity index (χ4v) is 4.37. The number of H-pyrrole nitrogens is 1. The first-order chi connectivity index (χ1) is 12.2. The number of aromatic amines is 1. The lowest BCUT2D eigenvalue weighted by molar-refractivity contribution is -0.132. The molecule has 0 spiro atoms. The molecule has 1 atom stereocenters. The third-order valence-corrected chi connectivity index (χ3v) is 5.51. The summed E-state index contributed by atoms with van der Waals surface area (Å²) in [4.78, 5) is 18.4. The molecule has 3 aromatic rings. The minimum Gasteiger partial charge on any atom is -0.361 e. The second-order valence-corrected chi connectivity index (χ2v) is 7.00. The Morgan fingerprint density at radius 3 is 2.64 bits per heavy atom. The van der Waals surface area contributed by atoms with Gasteiger partial charge in [-0.15, -0.1) is 0 Å². The van der Waals surface area contributed by atoms with E-state index < -0.39 is 0 Å². The van der Waals surface area contributed by atoms with Crippen molar-refractivity contribution >= 4 is 16.8 Å². The first-order valence-corrected chi connectivity index (χ1v) is 9.15. The molecule has 4 rings (SSSR count). The average molecular weight is 332 g/mol. The molecule has 1 aliphatic heterocycles. The molecule has 2 heterocycles. The van der Waals surface area contributed by atoms with Crippen molar-refractivity contribution in [1.82, 2.24) is 9.88 Å². The highest BCUT2D eigenvalue weighted by Crippen LogP contribution is 2.46. The SMILES string of the molecule is CCCC1(c2c[nH]c3ccccc23)CCC(=O)N1Cc1ccccc1. The Kier molecular flexibility index (Phi) is 4.08. The van der Waals surface area contributed by atoms with Crippen LogP contribution >= 0.6 is 0 Å². The molecule has 0 bridgehead atoms. The highest BCUT2D eigenvalue weighted by Gasteiger charge is 2.46. The van der Waals surface area contributed by atoms with Crippen LogP contribution in [0.5, 0.6) is 0 Å². The van der Waals surface area contributed by atoms with Gasteiger partial charge < -0.3 is 9.88 Å². The monoisotopic (exact) mass is 332 g/mol. The minimum atomic E-state index is -0.207. The van der Waals surface area contributed by atoms with Gasteiger partial charge in [-0.25, -0.2) is 0 Å². The zero-order chi connectivity index (χ0) is 17.3. The van der Waals surface area contributed by atoms with Gasteiger partial charge in [0.15, 0.2) is 0 Å². The van der Waals surface area contributed by atoms with Crippen LogP contribution in [0.15, 0.2) is 60.8 Å². The number of benzene rings is 2. The number of rotatable bonds is 5. The molecule has 0 radical (unpaired) electrons. The number of para-hydroxylation sites is 1. The third kappa shape index (κ3) is 2.64. The van der Waals surface area contributed by atoms with E-state index in [9.17, 15) is 4.79 Å². The summed E-state index contributed by atoms with van der Waals surface area (Å²) < 4.78 is 0. The van der Waals surface area contributed by atoms with Crippen LogP contribution in [0.2, 0.25) is 0 Å². The van der Waals surface area contributed by atoms with Crippen LogP contribution in [0.1, 0.15) is 43.7 Å². The number of aromatic nitrogens is 1. The van der Waals surface area contributed by atoms with Gasteiger partial charge in [-0.3, -0.25) is 4.79 Å². The predicted molar refractivity (Wildman–Crippen MR) is 101 cm³/mol. The Hall–Kier alpha value is -2.55. The molecule has 1 unspecified atom stereocenters. The molecule has 25 heavy (non-hydrogen) atoms. The predicted octanol–water partition coefficient (Wildman–Crippen LogP) is 4.99. The topological polar surface area (TPSA) is 36.1 Å². The van der Waals surface area contributed by atoms with Crippen molar-refractivity contribution in [3.05, 3.63) is 71.9 Å². The van der Waals surface area contributed by atoms with Crippen LogP contribution in [0.3, 0.4) is 0 Å². The van der Waals surface area contributed by atoms with Gasteiger partial charge in [0.1, 0.15) is 0 Å². The van der Waals surface area contributed by atoms with Crippen molar-refractivity contribution in [2.45, 2.75) is 44.7 Å². The number of likely N-dealkylation sites (tertiary alicyclic amines) is 1. The van der Waals surface area contributed by atoms with E-state index in [0.29, 0.717) is 13.0 Å². The first kappa shape index (κ1) is 15.9. The quantitative estimate of drug-likeness (QED) is 0.702. The summed E-state index contributed by atoms with van der Waals surface area (Å²) in [5.74, 6) is 0.266. The molecule has 1 N–H and O–H groups in total. The van der Waals surface area contributed by atoms with Crippen LogP contribution in [0, 0.1) is 0 Å². The maximum Gasteiger partial charge on any atom is 0.223 e. The van der Waals surface area contributed by atoms with Gasteiger partial charge in [-0.1, -0.05) is 61.9 Å². The molecule has 1 aromatic heterocycles.